The van der Waals surface area contributed by atoms with Crippen molar-refractivity contribution in [3.05, 3.63) is 0 Å². The highest BCUT2D eigenvalue weighted by Crippen LogP contribution is 2.40. The van der Waals surface area contributed by atoms with Gasteiger partial charge in [0.2, 0.25) is 27.7 Å². The van der Waals surface area contributed by atoms with Crippen LogP contribution in [-0.2, 0) is 29.1 Å². The van der Waals surface area contributed by atoms with Crippen LogP contribution in [0.3, 0.4) is 0 Å². The van der Waals surface area contributed by atoms with Gasteiger partial charge in [0.1, 0.15) is 11.3 Å². The first-order valence-electron chi connectivity index (χ1n) is 11.3. The SMILES string of the molecule is O=C1CCC(N2CC3CC(NS(=O)(=O)C4CCCCC4OC(F)(F)F)CCC3C2=O)C(=O)N1. The fraction of sp³-hybridized carbons (Fsp3) is 0.850. The number of imide groups is 1. The van der Waals surface area contributed by atoms with E-state index in [0.29, 0.717) is 32.1 Å². The molecule has 186 valence electrons. The Balaban J connectivity index is 1.39. The molecule has 6 unspecified atom stereocenters. The Labute approximate surface area is 189 Å². The number of fused-ring (bicyclic) bond motifs is 1. The van der Waals surface area contributed by atoms with Gasteiger partial charge in [0.25, 0.3) is 0 Å². The molecule has 4 rings (SSSR count). The average molecular weight is 496 g/mol. The van der Waals surface area contributed by atoms with Gasteiger partial charge in [0.15, 0.2) is 0 Å². The van der Waals surface area contributed by atoms with Crippen molar-refractivity contribution in [2.45, 2.75) is 87.6 Å². The second-order valence-electron chi connectivity index (χ2n) is 9.42. The second-order valence-corrected chi connectivity index (χ2v) is 11.4. The molecule has 2 N–H and O–H groups in total. The third-order valence-electron chi connectivity index (χ3n) is 7.26. The lowest BCUT2D eigenvalue weighted by Crippen LogP contribution is -2.53. The molecule has 33 heavy (non-hydrogen) atoms. The number of ether oxygens (including phenoxy) is 1. The van der Waals surface area contributed by atoms with Crippen molar-refractivity contribution in [3.63, 3.8) is 0 Å². The zero-order valence-electron chi connectivity index (χ0n) is 18.0. The first kappa shape index (κ1) is 24.4. The molecule has 4 aliphatic rings. The molecule has 9 nitrogen and oxygen atoms in total. The van der Waals surface area contributed by atoms with Crippen LogP contribution in [0.15, 0.2) is 0 Å². The molecule has 2 aliphatic heterocycles. The Hall–Kier alpha value is -1.73. The normalized spacial score (nSPS) is 36.0. The van der Waals surface area contributed by atoms with Crippen molar-refractivity contribution in [1.82, 2.24) is 14.9 Å². The largest absolute Gasteiger partial charge is 0.522 e. The first-order chi connectivity index (χ1) is 15.4. The predicted octanol–water partition coefficient (Wildman–Crippen LogP) is 1.19. The van der Waals surface area contributed by atoms with E-state index >= 15 is 0 Å². The van der Waals surface area contributed by atoms with Crippen LogP contribution in [0.1, 0.15) is 57.8 Å². The number of amides is 3. The smallest absolute Gasteiger partial charge is 0.330 e. The summed E-state index contributed by atoms with van der Waals surface area (Å²) < 4.78 is 70.9. The Kier molecular flexibility index (Phi) is 6.76. The van der Waals surface area contributed by atoms with Gasteiger partial charge in [0, 0.05) is 24.9 Å². The highest BCUT2D eigenvalue weighted by Gasteiger charge is 2.49. The Morgan fingerprint density at radius 3 is 2.45 bits per heavy atom. The van der Waals surface area contributed by atoms with Gasteiger partial charge in [-0.05, 0) is 44.4 Å². The maximum absolute atomic E-state index is 13.0. The predicted molar refractivity (Wildman–Crippen MR) is 108 cm³/mol. The number of hydrogen-bond acceptors (Lipinski definition) is 6. The van der Waals surface area contributed by atoms with Crippen LogP contribution >= 0.6 is 0 Å². The summed E-state index contributed by atoms with van der Waals surface area (Å²) in [7, 11) is -4.07. The third kappa shape index (κ3) is 5.35. The number of likely N-dealkylation sites (tertiary alicyclic amines) is 1. The molecule has 0 bridgehead atoms. The van der Waals surface area contributed by atoms with Gasteiger partial charge in [0.05, 0.1) is 6.10 Å². The van der Waals surface area contributed by atoms with E-state index in [-0.39, 0.29) is 55.9 Å². The fourth-order valence-corrected chi connectivity index (χ4v) is 7.68. The van der Waals surface area contributed by atoms with Crippen LogP contribution in [0.4, 0.5) is 13.2 Å². The highest BCUT2D eigenvalue weighted by atomic mass is 32.2. The van der Waals surface area contributed by atoms with Crippen LogP contribution in [0.2, 0.25) is 0 Å². The van der Waals surface area contributed by atoms with Gasteiger partial charge in [-0.1, -0.05) is 12.8 Å². The Morgan fingerprint density at radius 1 is 1.03 bits per heavy atom. The summed E-state index contributed by atoms with van der Waals surface area (Å²) in [5, 5.41) is 0.967. The minimum atomic E-state index is -4.91. The van der Waals surface area contributed by atoms with Gasteiger partial charge in [-0.15, -0.1) is 13.2 Å². The highest BCUT2D eigenvalue weighted by molar-refractivity contribution is 7.90. The number of halogens is 3. The number of piperidine rings is 1. The molecule has 0 aromatic rings. The summed E-state index contributed by atoms with van der Waals surface area (Å²) in [6.07, 6.45) is -3.67. The number of nitrogens with one attached hydrogen (secondary N) is 2. The van der Waals surface area contributed by atoms with Crippen LogP contribution < -0.4 is 10.0 Å². The topological polar surface area (TPSA) is 122 Å². The standard InChI is InChI=1S/C20H28F3N3O6S/c21-20(22,23)32-15-3-1-2-4-16(15)33(30,31)25-12-5-6-13-11(9-12)10-26(19(13)29)14-7-8-17(27)24-18(14)28/h11-16,25H,1-10H2,(H,24,27,28). The molecule has 3 amide bonds. The van der Waals surface area contributed by atoms with E-state index in [1.165, 1.54) is 4.90 Å². The summed E-state index contributed by atoms with van der Waals surface area (Å²) in [6, 6.07) is -1.21. The lowest BCUT2D eigenvalue weighted by molar-refractivity contribution is -0.344. The van der Waals surface area contributed by atoms with Gasteiger partial charge in [-0.25, -0.2) is 13.1 Å². The van der Waals surface area contributed by atoms with E-state index in [0.717, 1.165) is 0 Å². The first-order valence-corrected chi connectivity index (χ1v) is 12.9. The quantitative estimate of drug-likeness (QED) is 0.553. The van der Waals surface area contributed by atoms with Crippen molar-refractivity contribution >= 4 is 27.7 Å². The van der Waals surface area contributed by atoms with Crippen LogP contribution in [0.5, 0.6) is 0 Å². The molecule has 0 aromatic heterocycles. The summed E-state index contributed by atoms with van der Waals surface area (Å²) in [4.78, 5) is 38.0. The summed E-state index contributed by atoms with van der Waals surface area (Å²) in [5.41, 5.74) is 0. The zero-order chi connectivity index (χ0) is 24.0. The van der Waals surface area contributed by atoms with E-state index in [2.05, 4.69) is 14.8 Å². The van der Waals surface area contributed by atoms with E-state index in [1.807, 2.05) is 0 Å². The van der Waals surface area contributed by atoms with E-state index in [9.17, 15) is 36.0 Å². The maximum atomic E-state index is 13.0. The summed E-state index contributed by atoms with van der Waals surface area (Å²) in [6.45, 7) is 0.289. The number of carbonyl (C=O) groups excluding carboxylic acids is 3. The van der Waals surface area contributed by atoms with Crippen molar-refractivity contribution in [1.29, 1.82) is 0 Å². The van der Waals surface area contributed by atoms with Crippen LogP contribution in [0.25, 0.3) is 0 Å². The lowest BCUT2D eigenvalue weighted by Gasteiger charge is -2.35. The van der Waals surface area contributed by atoms with Crippen LogP contribution in [-0.4, -0.2) is 67.4 Å². The number of carbonyl (C=O) groups is 3. The number of alkyl halides is 3. The number of sulfonamides is 1. The molecule has 0 spiro atoms. The minimum absolute atomic E-state index is 0.0237. The fourth-order valence-electron chi connectivity index (χ4n) is 5.76. The van der Waals surface area contributed by atoms with E-state index in [1.54, 1.807) is 0 Å². The number of nitrogens with zero attached hydrogens (tertiary/aromatic N) is 1. The molecule has 2 saturated heterocycles. The summed E-state index contributed by atoms with van der Waals surface area (Å²) in [5.74, 6) is -1.53. The maximum Gasteiger partial charge on any atom is 0.522 e. The molecule has 13 heteroatoms. The molecule has 0 aromatic carbocycles. The minimum Gasteiger partial charge on any atom is -0.330 e. The van der Waals surface area contributed by atoms with Gasteiger partial charge >= 0.3 is 6.36 Å². The van der Waals surface area contributed by atoms with Crippen molar-refractivity contribution < 1.29 is 40.7 Å². The molecule has 2 heterocycles. The molecular formula is C20H28F3N3O6S. The zero-order valence-corrected chi connectivity index (χ0v) is 18.8. The number of rotatable bonds is 5. The molecule has 2 aliphatic carbocycles. The lowest BCUT2D eigenvalue weighted by atomic mass is 9.79. The Bertz CT molecular complexity index is 911. The van der Waals surface area contributed by atoms with Gasteiger partial charge in [-0.2, -0.15) is 0 Å². The average Bonchev–Trinajstić information content (AvgIpc) is 3.02. The van der Waals surface area contributed by atoms with E-state index in [4.69, 9.17) is 0 Å². The second kappa shape index (κ2) is 9.14. The molecular weight excluding hydrogens is 467 g/mol. The monoisotopic (exact) mass is 495 g/mol. The Morgan fingerprint density at radius 2 is 1.76 bits per heavy atom. The molecule has 4 fully saturated rings. The molecule has 6 atom stereocenters. The molecule has 2 saturated carbocycles. The molecule has 0 radical (unpaired) electrons. The van der Waals surface area contributed by atoms with Crippen molar-refractivity contribution in [2.24, 2.45) is 11.8 Å². The van der Waals surface area contributed by atoms with Gasteiger partial charge < -0.3 is 4.90 Å². The third-order valence-corrected chi connectivity index (χ3v) is 9.25. The van der Waals surface area contributed by atoms with Crippen molar-refractivity contribution in [2.75, 3.05) is 6.54 Å². The number of hydrogen-bond donors (Lipinski definition) is 2. The van der Waals surface area contributed by atoms with Crippen molar-refractivity contribution in [3.8, 4) is 0 Å². The van der Waals surface area contributed by atoms with Gasteiger partial charge in [-0.3, -0.25) is 24.4 Å². The summed E-state index contributed by atoms with van der Waals surface area (Å²) >= 11 is 0. The van der Waals surface area contributed by atoms with E-state index < -0.39 is 45.7 Å². The van der Waals surface area contributed by atoms with Crippen LogP contribution in [0, 0.1) is 11.8 Å².